The molecule has 582 valence electrons. The topological polar surface area (TPSA) is 536 Å². The van der Waals surface area contributed by atoms with Crippen LogP contribution in [-0.4, -0.2) is 277 Å². The molecule has 0 fully saturated rings. The number of hydrogen-bond acceptors (Lipinski definition) is 25. The summed E-state index contributed by atoms with van der Waals surface area (Å²) in [5, 5.41) is 66.3. The summed E-state index contributed by atoms with van der Waals surface area (Å²) in [4.78, 5) is 167. The Labute approximate surface area is 609 Å². The number of aliphatic hydroxyl groups is 3. The molecular weight excluding hydrogens is 1410 g/mol. The quantitative estimate of drug-likeness (QED) is 0.0222. The third-order valence-electron chi connectivity index (χ3n) is 17.1. The van der Waals surface area contributed by atoms with Gasteiger partial charge in [-0.15, -0.1) is 5.53 Å². The Hall–Kier alpha value is -8.12. The molecule has 0 saturated carbocycles. The summed E-state index contributed by atoms with van der Waals surface area (Å²) in [7, 11) is 1.41. The van der Waals surface area contributed by atoms with E-state index in [1.54, 1.807) is 51.0 Å². The van der Waals surface area contributed by atoms with Gasteiger partial charge in [0.1, 0.15) is 35.7 Å². The number of β-amino-alcohol motifs (C(OH)–C–C–N with tert-alkyl or cyclic N) is 1. The lowest BCUT2D eigenvalue weighted by atomic mass is 9.94. The van der Waals surface area contributed by atoms with Gasteiger partial charge in [0.2, 0.25) is 70.0 Å². The van der Waals surface area contributed by atoms with Gasteiger partial charge in [0.25, 0.3) is 0 Å². The Kier molecular flexibility index (Phi) is 37.7. The van der Waals surface area contributed by atoms with Crippen LogP contribution in [0.4, 0.5) is 0 Å². The number of carbonyl (C=O) groups is 12. The third kappa shape index (κ3) is 28.7. The summed E-state index contributed by atoms with van der Waals surface area (Å²) in [6.07, 6.45) is -2.94. The number of aliphatic hydroxyl groups excluding tert-OH is 3. The van der Waals surface area contributed by atoms with Crippen molar-refractivity contribution in [1.29, 1.82) is 0 Å². The fraction of sp³-hybridized carbons (Fsp3) is 0.662. The molecule has 11 atom stereocenters. The number of ether oxygens (including phenoxy) is 5. The van der Waals surface area contributed by atoms with Crippen molar-refractivity contribution >= 4 is 105 Å². The highest BCUT2D eigenvalue weighted by molar-refractivity contribution is 7.98. The third-order valence-corrected chi connectivity index (χ3v) is 19.6. The number of carboxylic acids is 1. The van der Waals surface area contributed by atoms with Crippen LogP contribution < -0.4 is 69.3 Å². The number of fused-ring (bicyclic) bond motifs is 4. The highest BCUT2D eigenvalue weighted by Gasteiger charge is 2.40. The molecule has 0 radical (unpaired) electrons. The Balaban J connectivity index is 1.32. The minimum absolute atomic E-state index is 0.0470. The molecule has 3 aliphatic heterocycles. The van der Waals surface area contributed by atoms with Gasteiger partial charge in [-0.05, 0) is 30.9 Å². The normalized spacial score (nSPS) is 21.4. The van der Waals surface area contributed by atoms with Gasteiger partial charge in [-0.1, -0.05) is 41.0 Å². The van der Waals surface area contributed by atoms with Gasteiger partial charge in [-0.25, -0.2) is 0 Å². The number of aromatic nitrogens is 1. The number of thioether (sulfide) groups is 1. The fourth-order valence-corrected chi connectivity index (χ4v) is 13.1. The average Bonchev–Trinajstić information content (AvgIpc) is 1.60. The molecule has 4 heterocycles. The minimum atomic E-state index is -2.46. The van der Waals surface area contributed by atoms with E-state index >= 15 is 4.55 Å². The lowest BCUT2D eigenvalue weighted by molar-refractivity contribution is -0.142. The number of nitrogens with two attached hydrogens (primary N) is 1. The summed E-state index contributed by atoms with van der Waals surface area (Å²) >= 11 is -1.09. The van der Waals surface area contributed by atoms with E-state index in [2.05, 4.69) is 63.8 Å². The Morgan fingerprint density at radius 1 is 0.788 bits per heavy atom. The molecule has 11 amide bonds. The minimum Gasteiger partial charge on any atom is -0.610 e. The van der Waals surface area contributed by atoms with Crippen molar-refractivity contribution in [1.82, 2.24) is 73.7 Å². The molecular formula is C65H103N15O22S2. The van der Waals surface area contributed by atoms with Crippen LogP contribution >= 0.6 is 11.8 Å². The summed E-state index contributed by atoms with van der Waals surface area (Å²) in [6.45, 7) is 7.49. The molecule has 3 aliphatic rings. The molecule has 1 aromatic carbocycles. The maximum absolute atomic E-state index is 15.5. The van der Waals surface area contributed by atoms with E-state index in [4.69, 9.17) is 34.5 Å². The zero-order chi connectivity index (χ0) is 76.4. The highest BCUT2D eigenvalue weighted by atomic mass is 32.2. The number of primary amides is 1. The number of hydrogen-bond donors (Lipinski definition) is 17. The molecule has 5 rings (SSSR count). The SMILES string of the molecule is CC[C@@H](O)CN1CC(=O)N[C@@H]([C@@H](C)[C@@H](O)CO)C(=O)N[C@H]2Cc3c([nH]c4c(CSCCNC(=O)CCOCCOCCOCCOCCN5C=C(CNC(=O)C(C)CC(=O)O)NN5)c(OC)ccc34)[S+]([O-])C[C@H](NC(=O)CNC(=O)[C@H]([C@@H](C)CC)NC(=O)CCNC2=O)C(=O)N[C@@H](CCC(N)=O)C1=O. The molecule has 18 N–H and O–H groups in total. The molecule has 104 heavy (non-hydrogen) atoms. The number of aliphatic carboxylic acids is 1. The number of aromatic amines is 1. The first-order valence-electron chi connectivity index (χ1n) is 34.5. The van der Waals surface area contributed by atoms with Crippen LogP contribution in [0.5, 0.6) is 5.75 Å². The maximum atomic E-state index is 15.5. The van der Waals surface area contributed by atoms with E-state index < -0.39 is 188 Å². The van der Waals surface area contributed by atoms with Gasteiger partial charge in [0.05, 0.1) is 123 Å². The van der Waals surface area contributed by atoms with E-state index in [1.807, 2.05) is 0 Å². The monoisotopic (exact) mass is 1510 g/mol. The van der Waals surface area contributed by atoms with Crippen LogP contribution in [0.2, 0.25) is 0 Å². The second-order valence-electron chi connectivity index (χ2n) is 25.1. The lowest BCUT2D eigenvalue weighted by Crippen LogP contribution is -2.60. The second kappa shape index (κ2) is 45.3. The van der Waals surface area contributed by atoms with Crippen molar-refractivity contribution in [3.8, 4) is 5.75 Å². The number of rotatable bonds is 37. The number of methoxy groups -OCH3 is 1. The molecule has 0 saturated heterocycles. The summed E-state index contributed by atoms with van der Waals surface area (Å²) in [5.74, 6) is -12.8. The molecule has 2 bridgehead atoms. The summed E-state index contributed by atoms with van der Waals surface area (Å²) in [6, 6.07) is -5.08. The average molecular weight is 1510 g/mol. The molecule has 2 unspecified atom stereocenters. The van der Waals surface area contributed by atoms with Crippen molar-refractivity contribution < 1.29 is 106 Å². The highest BCUT2D eigenvalue weighted by Crippen LogP contribution is 2.37. The number of nitrogens with zero attached hydrogens (tertiary/aromatic N) is 2. The first-order valence-corrected chi connectivity index (χ1v) is 37.0. The molecule has 0 spiro atoms. The van der Waals surface area contributed by atoms with E-state index in [9.17, 15) is 72.9 Å². The van der Waals surface area contributed by atoms with Crippen LogP contribution in [0.25, 0.3) is 10.9 Å². The van der Waals surface area contributed by atoms with E-state index in [0.717, 1.165) is 4.90 Å². The van der Waals surface area contributed by atoms with Gasteiger partial charge < -0.3 is 118 Å². The summed E-state index contributed by atoms with van der Waals surface area (Å²) < 4.78 is 43.6. The van der Waals surface area contributed by atoms with Crippen molar-refractivity contribution in [2.24, 2.45) is 23.5 Å². The van der Waals surface area contributed by atoms with Crippen molar-refractivity contribution in [3.63, 3.8) is 0 Å². The number of nitrogens with one attached hydrogen (secondary N) is 12. The number of amides is 11. The first kappa shape index (κ1) is 86.5. The Morgan fingerprint density at radius 2 is 1.47 bits per heavy atom. The predicted octanol–water partition coefficient (Wildman–Crippen LogP) is -5.00. The molecule has 2 aromatic rings. The van der Waals surface area contributed by atoms with Gasteiger partial charge >= 0.3 is 5.97 Å². The van der Waals surface area contributed by atoms with Gasteiger partial charge in [0, 0.05) is 103 Å². The smallest absolute Gasteiger partial charge is 0.304 e. The largest absolute Gasteiger partial charge is 0.610 e. The maximum Gasteiger partial charge on any atom is 0.304 e. The Morgan fingerprint density at radius 3 is 2.12 bits per heavy atom. The van der Waals surface area contributed by atoms with E-state index in [0.29, 0.717) is 79.7 Å². The van der Waals surface area contributed by atoms with Crippen LogP contribution in [0.1, 0.15) is 90.7 Å². The molecule has 39 heteroatoms. The first-order chi connectivity index (χ1) is 49.7. The number of benzene rings is 1. The van der Waals surface area contributed by atoms with Crippen molar-refractivity contribution in [2.75, 3.05) is 124 Å². The second-order valence-corrected chi connectivity index (χ2v) is 27.6. The standard InChI is InChI=1S/C65H103N15O22S2/c1-7-37(3)56-62(94)70-30-53(87)71-47-36-104(97)64-43(28-46(60(92)68-15-13-52(86)74-56)73-63(95)57(39(5)48(83)34-81)75-54(88)33-79(32-41(82)8-2)65(96)45(72-61(47)93)10-12-50(66)84)42-9-11-49(98-6)44(58(42)76-64)35-103-26-16-67-51(85)14-18-99-20-22-101-24-25-102-23-21-100-19-17-80-31-40(77-78-80)29-69-59(91)38(4)27-55(89)90/h9,11,31,37-39,41,45-48,56-57,76-78,81-83H,7-8,10,12-30,32-36H2,1-6H3,(H2,66,84)(H,67,85)(H,68,92)(H,69,91)(H,70,94)(H,71,87)(H,72,93)(H,73,95)(H,74,86)(H,75,88)(H,89,90)/t37-,38?,39-,41+,45-,46-,47-,48-,56-,57-,104?/m0/s1. The van der Waals surface area contributed by atoms with Crippen molar-refractivity contribution in [2.45, 2.75) is 139 Å². The van der Waals surface area contributed by atoms with Crippen LogP contribution in [0.15, 0.2) is 29.1 Å². The van der Waals surface area contributed by atoms with Crippen LogP contribution in [0.3, 0.4) is 0 Å². The number of H-pyrrole nitrogens is 1. The number of carboxylic acid groups (broad SMARTS) is 1. The fourth-order valence-electron chi connectivity index (χ4n) is 10.9. The van der Waals surface area contributed by atoms with Crippen molar-refractivity contribution in [3.05, 3.63) is 35.2 Å². The van der Waals surface area contributed by atoms with Crippen LogP contribution in [-0.2, 0) is 99.8 Å². The zero-order valence-corrected chi connectivity index (χ0v) is 61.2. The summed E-state index contributed by atoms with van der Waals surface area (Å²) in [5.41, 5.74) is 13.0. The van der Waals surface area contributed by atoms with E-state index in [1.165, 1.54) is 25.8 Å². The number of carbonyl (C=O) groups excluding carboxylic acids is 11. The van der Waals surface area contributed by atoms with Gasteiger partial charge in [-0.3, -0.25) is 62.5 Å². The molecule has 0 aliphatic carbocycles. The molecule has 37 nitrogen and oxygen atoms in total. The van der Waals surface area contributed by atoms with Crippen LogP contribution in [0, 0.1) is 17.8 Å². The van der Waals surface area contributed by atoms with E-state index in [-0.39, 0.29) is 86.9 Å². The Bertz CT molecular complexity index is 3260. The number of hydrazine groups is 2. The molecule has 1 aromatic heterocycles. The van der Waals surface area contributed by atoms with Gasteiger partial charge in [-0.2, -0.15) is 11.8 Å². The lowest BCUT2D eigenvalue weighted by Gasteiger charge is -2.32. The predicted molar refractivity (Wildman–Crippen MR) is 376 cm³/mol. The zero-order valence-electron chi connectivity index (χ0n) is 59.5. The van der Waals surface area contributed by atoms with Gasteiger partial charge in [0.15, 0.2) is 6.04 Å².